The summed E-state index contributed by atoms with van der Waals surface area (Å²) >= 11 is 0. The SMILES string of the molecule is O=c1cc(/C=C/c2ccc(O)cc2)c2ccc3occ(-c4ccc(-c5ccccc5)cc4)c3c2o1. The maximum atomic E-state index is 12.5. The largest absolute Gasteiger partial charge is 0.508 e. The highest BCUT2D eigenvalue weighted by atomic mass is 16.4. The van der Waals surface area contributed by atoms with Crippen LogP contribution in [0.15, 0.2) is 117 Å². The van der Waals surface area contributed by atoms with Crippen LogP contribution in [0.25, 0.3) is 56.3 Å². The Morgan fingerprint density at radius 3 is 2.20 bits per heavy atom. The minimum absolute atomic E-state index is 0.208. The molecule has 4 aromatic carbocycles. The molecule has 35 heavy (non-hydrogen) atoms. The molecule has 0 saturated carbocycles. The topological polar surface area (TPSA) is 63.6 Å². The van der Waals surface area contributed by atoms with Crippen LogP contribution < -0.4 is 5.63 Å². The molecular formula is C31H20O4. The Balaban J connectivity index is 1.47. The fourth-order valence-corrected chi connectivity index (χ4v) is 4.36. The Kier molecular flexibility index (Phi) is 5.04. The highest BCUT2D eigenvalue weighted by Crippen LogP contribution is 2.37. The third-order valence-electron chi connectivity index (χ3n) is 6.13. The number of aromatic hydroxyl groups is 1. The summed E-state index contributed by atoms with van der Waals surface area (Å²) in [5.41, 5.74) is 6.50. The first-order valence-electron chi connectivity index (χ1n) is 11.3. The summed E-state index contributed by atoms with van der Waals surface area (Å²) < 4.78 is 11.6. The first-order chi connectivity index (χ1) is 17.2. The van der Waals surface area contributed by atoms with Gasteiger partial charge in [-0.25, -0.2) is 4.79 Å². The van der Waals surface area contributed by atoms with E-state index >= 15 is 0 Å². The molecule has 6 rings (SSSR count). The lowest BCUT2D eigenvalue weighted by molar-refractivity contribution is 0.475. The van der Waals surface area contributed by atoms with Crippen LogP contribution in [-0.4, -0.2) is 5.11 Å². The number of rotatable bonds is 4. The van der Waals surface area contributed by atoms with Gasteiger partial charge >= 0.3 is 5.63 Å². The Morgan fingerprint density at radius 1 is 0.714 bits per heavy atom. The minimum atomic E-state index is -0.429. The van der Waals surface area contributed by atoms with Gasteiger partial charge in [0.2, 0.25) is 0 Å². The number of hydrogen-bond donors (Lipinski definition) is 1. The lowest BCUT2D eigenvalue weighted by Crippen LogP contribution is -1.98. The molecule has 1 N–H and O–H groups in total. The third kappa shape index (κ3) is 3.91. The molecule has 0 aliphatic carbocycles. The van der Waals surface area contributed by atoms with Crippen LogP contribution in [0.4, 0.5) is 0 Å². The van der Waals surface area contributed by atoms with Gasteiger partial charge in [-0.3, -0.25) is 0 Å². The van der Waals surface area contributed by atoms with Crippen molar-refractivity contribution in [2.24, 2.45) is 0 Å². The van der Waals surface area contributed by atoms with Gasteiger partial charge in [-0.1, -0.05) is 78.9 Å². The van der Waals surface area contributed by atoms with E-state index in [0.29, 0.717) is 11.2 Å². The Bertz CT molecular complexity index is 1740. The van der Waals surface area contributed by atoms with Crippen molar-refractivity contribution in [3.8, 4) is 28.0 Å². The van der Waals surface area contributed by atoms with Crippen molar-refractivity contribution in [1.29, 1.82) is 0 Å². The molecule has 2 heterocycles. The maximum Gasteiger partial charge on any atom is 0.336 e. The predicted octanol–water partition coefficient (Wildman–Crippen LogP) is 7.75. The smallest absolute Gasteiger partial charge is 0.336 e. The summed E-state index contributed by atoms with van der Waals surface area (Å²) in [7, 11) is 0. The van der Waals surface area contributed by atoms with Crippen LogP contribution in [0.1, 0.15) is 11.1 Å². The molecule has 0 spiro atoms. The van der Waals surface area contributed by atoms with Gasteiger partial charge in [-0.05, 0) is 52.1 Å². The number of phenolic OH excluding ortho intramolecular Hbond substituents is 1. The zero-order valence-electron chi connectivity index (χ0n) is 18.6. The van der Waals surface area contributed by atoms with Crippen molar-refractivity contribution < 1.29 is 13.9 Å². The van der Waals surface area contributed by atoms with Crippen LogP contribution in [0.5, 0.6) is 5.75 Å². The van der Waals surface area contributed by atoms with Crippen LogP contribution in [0, 0.1) is 0 Å². The zero-order valence-corrected chi connectivity index (χ0v) is 18.6. The number of fused-ring (bicyclic) bond motifs is 3. The van der Waals surface area contributed by atoms with Gasteiger partial charge in [0.15, 0.2) is 5.58 Å². The molecule has 0 atom stereocenters. The van der Waals surface area contributed by atoms with E-state index in [1.165, 1.54) is 6.07 Å². The first-order valence-corrected chi connectivity index (χ1v) is 11.3. The molecule has 4 nitrogen and oxygen atoms in total. The predicted molar refractivity (Wildman–Crippen MR) is 140 cm³/mol. The zero-order chi connectivity index (χ0) is 23.8. The van der Waals surface area contributed by atoms with E-state index in [2.05, 4.69) is 36.4 Å². The molecular weight excluding hydrogens is 436 g/mol. The summed E-state index contributed by atoms with van der Waals surface area (Å²) in [4.78, 5) is 12.5. The monoisotopic (exact) mass is 456 g/mol. The molecule has 0 fully saturated rings. The highest BCUT2D eigenvalue weighted by molar-refractivity contribution is 6.11. The summed E-state index contributed by atoms with van der Waals surface area (Å²) in [5, 5.41) is 11.1. The van der Waals surface area contributed by atoms with Crippen molar-refractivity contribution in [3.05, 3.63) is 125 Å². The van der Waals surface area contributed by atoms with Gasteiger partial charge < -0.3 is 13.9 Å². The van der Waals surface area contributed by atoms with Gasteiger partial charge in [0, 0.05) is 17.0 Å². The molecule has 0 aliphatic heterocycles. The molecule has 0 unspecified atom stereocenters. The van der Waals surface area contributed by atoms with Gasteiger partial charge in [-0.2, -0.15) is 0 Å². The molecule has 0 amide bonds. The molecule has 6 aromatic rings. The number of phenols is 1. The van der Waals surface area contributed by atoms with Crippen LogP contribution in [0.3, 0.4) is 0 Å². The molecule has 0 saturated heterocycles. The fraction of sp³-hybridized carbons (Fsp3) is 0. The lowest BCUT2D eigenvalue weighted by Gasteiger charge is -2.06. The van der Waals surface area contributed by atoms with E-state index in [9.17, 15) is 9.90 Å². The molecule has 2 aromatic heterocycles. The fourth-order valence-electron chi connectivity index (χ4n) is 4.36. The van der Waals surface area contributed by atoms with Crippen molar-refractivity contribution in [1.82, 2.24) is 0 Å². The lowest BCUT2D eigenvalue weighted by atomic mass is 9.98. The third-order valence-corrected chi connectivity index (χ3v) is 6.13. The number of furan rings is 1. The van der Waals surface area contributed by atoms with Crippen molar-refractivity contribution in [2.45, 2.75) is 0 Å². The standard InChI is InChI=1S/C31H20O4/c32-25-14-7-20(8-15-25)6-9-24-18-29(33)35-31-26(24)16-17-28-30(31)27(19-34-28)23-12-10-22(11-13-23)21-4-2-1-3-5-21/h1-19,32H/b9-6+. The van der Waals surface area contributed by atoms with Crippen molar-refractivity contribution >= 4 is 34.1 Å². The van der Waals surface area contributed by atoms with Crippen LogP contribution >= 0.6 is 0 Å². The summed E-state index contributed by atoms with van der Waals surface area (Å²) in [6.45, 7) is 0. The quantitative estimate of drug-likeness (QED) is 0.276. The summed E-state index contributed by atoms with van der Waals surface area (Å²) in [5.74, 6) is 0.208. The van der Waals surface area contributed by atoms with Gasteiger partial charge in [0.05, 0.1) is 11.6 Å². The second kappa shape index (κ2) is 8.50. The van der Waals surface area contributed by atoms with Gasteiger partial charge in [0.1, 0.15) is 11.3 Å². The second-order valence-corrected chi connectivity index (χ2v) is 8.35. The number of hydrogen-bond acceptors (Lipinski definition) is 4. The molecule has 168 valence electrons. The first kappa shape index (κ1) is 20.8. The molecule has 4 heteroatoms. The Morgan fingerprint density at radius 2 is 1.43 bits per heavy atom. The van der Waals surface area contributed by atoms with E-state index in [1.54, 1.807) is 18.4 Å². The Labute approximate surface area is 201 Å². The van der Waals surface area contributed by atoms with Crippen LogP contribution in [0.2, 0.25) is 0 Å². The normalized spacial score (nSPS) is 11.5. The Hall–Kier alpha value is -4.83. The van der Waals surface area contributed by atoms with Crippen LogP contribution in [-0.2, 0) is 0 Å². The average Bonchev–Trinajstić information content (AvgIpc) is 3.34. The van der Waals surface area contributed by atoms with E-state index < -0.39 is 5.63 Å². The van der Waals surface area contributed by atoms with Crippen molar-refractivity contribution in [2.75, 3.05) is 0 Å². The summed E-state index contributed by atoms with van der Waals surface area (Å²) in [6, 6.07) is 30.6. The number of benzene rings is 4. The minimum Gasteiger partial charge on any atom is -0.508 e. The van der Waals surface area contributed by atoms with Crippen molar-refractivity contribution in [3.63, 3.8) is 0 Å². The summed E-state index contributed by atoms with van der Waals surface area (Å²) in [6.07, 6.45) is 5.49. The molecule has 0 bridgehead atoms. The maximum absolute atomic E-state index is 12.5. The van der Waals surface area contributed by atoms with E-state index in [0.717, 1.165) is 44.2 Å². The average molecular weight is 456 g/mol. The molecule has 0 aliphatic rings. The molecule has 0 radical (unpaired) electrons. The van der Waals surface area contributed by atoms with Gasteiger partial charge in [0.25, 0.3) is 0 Å². The van der Waals surface area contributed by atoms with E-state index in [1.807, 2.05) is 54.6 Å². The van der Waals surface area contributed by atoms with E-state index in [4.69, 9.17) is 8.83 Å². The van der Waals surface area contributed by atoms with Gasteiger partial charge in [-0.15, -0.1) is 0 Å². The highest BCUT2D eigenvalue weighted by Gasteiger charge is 2.16. The second-order valence-electron chi connectivity index (χ2n) is 8.35. The van der Waals surface area contributed by atoms with E-state index in [-0.39, 0.29) is 5.75 Å².